The number of phenols is 8. The van der Waals surface area contributed by atoms with Gasteiger partial charge >= 0.3 is 41.0 Å². The summed E-state index contributed by atoms with van der Waals surface area (Å²) in [5, 5.41) is 324. The Labute approximate surface area is 534 Å². The molecule has 0 spiro atoms. The predicted octanol–water partition coefficient (Wildman–Crippen LogP) is -13.4. The molecule has 4 aromatic carbocycles. The minimum absolute atomic E-state index is 0.0243. The number of piperidine rings is 2. The molecule has 4 aliphatic heterocycles. The molecule has 2 saturated heterocycles. The molecule has 33 N–H and O–H groups in total. The highest BCUT2D eigenvalue weighted by atomic mass is 16.8. The maximum atomic E-state index is 14.5. The first kappa shape index (κ1) is 70.1. The summed E-state index contributed by atoms with van der Waals surface area (Å²) in [7, 11) is 0.835. The standard InChI is InChI=1S/C50H48N10O38/c1-96-33-29(66)25(62)23(26(63)30(33)67)59-21-17(19(53-59)35(51)70)41(77,78)47(88,89)56(37(21)72)13-4-2-12(3-5-13)55-16(61)10-40(75,76)46(87,50(55,94)95)98-11-97-34-31(68)27(64)24(28(65)32(34)69)60-22-18(20(54-60)36(52)71)42(79,80)48(90,91)57(38(22)73)14-6-8-15(9-7-14)58-39(74)43(81,82)44(83,84)45(85,86)49(58,92)93/h2-9,62-69,75-95H,10-11H2,1H3,(H2,51,70)(H2,52,71). The average Bonchev–Trinajstić information content (AvgIpc) is 1.20. The quantitative estimate of drug-likeness (QED) is 0.0290. The van der Waals surface area contributed by atoms with Crippen LogP contribution in [0.15, 0.2) is 48.5 Å². The van der Waals surface area contributed by atoms with Crippen LogP contribution in [0.2, 0.25) is 0 Å². The Morgan fingerprint density at radius 1 is 0.449 bits per heavy atom. The van der Waals surface area contributed by atoms with Gasteiger partial charge in [-0.25, -0.2) is 19.2 Å². The molecule has 0 bridgehead atoms. The SMILES string of the molecule is COc1c(O)c(O)c(-n2nc(C(N)=O)c3c2C(=O)N(c2ccc(N4C(=O)CC(O)(O)C(O)(OCOc5c(O)c(O)c(-n6nc(C(N)=O)c7c6C(=O)N(c6ccc(N8C(=O)C(O)(O)C(O)(O)C(O)(O)C8(O)O)cc6)C(O)(O)C7(O)O)c(O)c5O)C4(O)O)cc2)C(O)(O)C3(O)O)c(O)c1O. The number of hydrogen-bond acceptors (Lipinski definition) is 40. The molecule has 0 radical (unpaired) electrons. The highest BCUT2D eigenvalue weighted by molar-refractivity contribution is 6.13. The van der Waals surface area contributed by atoms with Gasteiger partial charge in [0, 0.05) is 22.7 Å². The van der Waals surface area contributed by atoms with Crippen LogP contribution in [0.25, 0.3) is 11.4 Å². The fourth-order valence-electron chi connectivity index (χ4n) is 10.9. The largest absolute Gasteiger partial charge is 0.503 e. The van der Waals surface area contributed by atoms with E-state index in [1.165, 1.54) is 0 Å². The minimum Gasteiger partial charge on any atom is -0.503 e. The molecule has 4 aliphatic rings. The van der Waals surface area contributed by atoms with Gasteiger partial charge in [-0.1, -0.05) is 0 Å². The molecule has 6 amide bonds. The van der Waals surface area contributed by atoms with Crippen LogP contribution >= 0.6 is 0 Å². The van der Waals surface area contributed by atoms with E-state index in [-0.39, 0.29) is 19.2 Å². The third-order valence-electron chi connectivity index (χ3n) is 16.0. The fourth-order valence-corrected chi connectivity index (χ4v) is 10.9. The second kappa shape index (κ2) is 21.1. The monoisotopic (exact) mass is 1400 g/mol. The van der Waals surface area contributed by atoms with Gasteiger partial charge in [0.1, 0.15) is 11.4 Å². The van der Waals surface area contributed by atoms with Crippen LogP contribution in [-0.4, -0.2) is 270 Å². The number of aliphatic hydroxyl groups is 21. The molecule has 0 saturated carbocycles. The number of benzene rings is 4. The van der Waals surface area contributed by atoms with Crippen LogP contribution in [0.3, 0.4) is 0 Å². The topological polar surface area (TPSA) is 817 Å². The molecule has 6 heterocycles. The van der Waals surface area contributed by atoms with E-state index < -0.39 is 248 Å². The smallest absolute Gasteiger partial charge is 0.316 e. The van der Waals surface area contributed by atoms with E-state index in [2.05, 4.69) is 10.2 Å². The molecule has 48 heteroatoms. The highest BCUT2D eigenvalue weighted by Crippen LogP contribution is 2.58. The van der Waals surface area contributed by atoms with E-state index in [0.717, 1.165) is 7.11 Å². The number of aromatic nitrogens is 4. The number of fused-ring (bicyclic) bond motifs is 2. The Morgan fingerprint density at radius 3 is 1.13 bits per heavy atom. The van der Waals surface area contributed by atoms with Crippen molar-refractivity contribution in [3.63, 3.8) is 0 Å². The van der Waals surface area contributed by atoms with Crippen molar-refractivity contribution in [2.75, 3.05) is 33.5 Å². The van der Waals surface area contributed by atoms with Crippen LogP contribution in [0.4, 0.5) is 22.7 Å². The number of rotatable bonds is 13. The fraction of sp³-hybridized carbons (Fsp3) is 0.280. The number of aromatic hydroxyl groups is 8. The van der Waals surface area contributed by atoms with Gasteiger partial charge in [0.05, 0.1) is 24.7 Å². The highest BCUT2D eigenvalue weighted by Gasteiger charge is 2.81. The van der Waals surface area contributed by atoms with Crippen molar-refractivity contribution in [1.82, 2.24) is 19.6 Å². The number of methoxy groups -OCH3 is 1. The van der Waals surface area contributed by atoms with E-state index in [0.29, 0.717) is 48.5 Å². The third kappa shape index (κ3) is 8.66. The summed E-state index contributed by atoms with van der Waals surface area (Å²) in [5.41, 5.74) is -5.82. The molecule has 1 unspecified atom stereocenters. The third-order valence-corrected chi connectivity index (χ3v) is 16.0. The molecule has 2 fully saturated rings. The lowest BCUT2D eigenvalue weighted by Crippen LogP contribution is -2.88. The maximum Gasteiger partial charge on any atom is 0.316 e. The van der Waals surface area contributed by atoms with Crippen molar-refractivity contribution >= 4 is 58.2 Å². The first-order chi connectivity index (χ1) is 44.7. The predicted molar refractivity (Wildman–Crippen MR) is 291 cm³/mol. The molecule has 2 aromatic heterocycles. The summed E-state index contributed by atoms with van der Waals surface area (Å²) in [6.45, 7) is -2.02. The van der Waals surface area contributed by atoms with Gasteiger partial charge in [0.2, 0.25) is 46.2 Å². The average molecular weight is 1400 g/mol. The van der Waals surface area contributed by atoms with Crippen molar-refractivity contribution < 1.29 is 191 Å². The number of carbonyl (C=O) groups is 6. The summed E-state index contributed by atoms with van der Waals surface area (Å²) in [6.07, 6.45) is -1.86. The molecule has 98 heavy (non-hydrogen) atoms. The summed E-state index contributed by atoms with van der Waals surface area (Å²) in [5.74, 6) is -78.4. The van der Waals surface area contributed by atoms with Crippen molar-refractivity contribution in [3.05, 3.63) is 82.4 Å². The van der Waals surface area contributed by atoms with E-state index in [9.17, 15) is 177 Å². The molecule has 6 aromatic rings. The second-order valence-corrected chi connectivity index (χ2v) is 21.7. The Kier molecular flexibility index (Phi) is 15.1. The summed E-state index contributed by atoms with van der Waals surface area (Å²) < 4.78 is 14.3. The molecular formula is C50H48N10O38. The number of hydrogen-bond donors (Lipinski definition) is 31. The molecule has 526 valence electrons. The van der Waals surface area contributed by atoms with Gasteiger partial charge in [-0.3, -0.25) is 38.6 Å². The van der Waals surface area contributed by atoms with Crippen molar-refractivity contribution in [2.45, 2.75) is 70.6 Å². The number of nitrogens with zero attached hydrogens (tertiary/aromatic N) is 8. The second-order valence-electron chi connectivity index (χ2n) is 21.7. The van der Waals surface area contributed by atoms with Gasteiger partial charge in [-0.2, -0.15) is 10.2 Å². The van der Waals surface area contributed by atoms with Crippen molar-refractivity contribution in [3.8, 4) is 68.9 Å². The zero-order valence-electron chi connectivity index (χ0n) is 47.9. The van der Waals surface area contributed by atoms with Crippen molar-refractivity contribution in [2.24, 2.45) is 11.5 Å². The zero-order chi connectivity index (χ0) is 73.7. The first-order valence-corrected chi connectivity index (χ1v) is 26.2. The zero-order valence-corrected chi connectivity index (χ0v) is 47.9. The number of carbonyl (C=O) groups excluding carboxylic acids is 6. The van der Waals surface area contributed by atoms with Gasteiger partial charge in [0.15, 0.2) is 52.6 Å². The van der Waals surface area contributed by atoms with E-state index in [1.54, 1.807) is 0 Å². The van der Waals surface area contributed by atoms with Crippen LogP contribution in [0, 0.1) is 0 Å². The Hall–Kier alpha value is -10.8. The lowest BCUT2D eigenvalue weighted by molar-refractivity contribution is -0.505. The summed E-state index contributed by atoms with van der Waals surface area (Å²) >= 11 is 0. The van der Waals surface area contributed by atoms with Crippen LogP contribution in [-0.2, 0) is 25.9 Å². The van der Waals surface area contributed by atoms with E-state index in [4.69, 9.17) is 25.7 Å². The molecule has 1 atom stereocenters. The normalized spacial score (nSPS) is 21.9. The molecular weight excluding hydrogens is 1350 g/mol. The lowest BCUT2D eigenvalue weighted by Gasteiger charge is -2.55. The summed E-state index contributed by atoms with van der Waals surface area (Å²) in [4.78, 5) is 79.1. The van der Waals surface area contributed by atoms with Gasteiger partial charge in [0.25, 0.3) is 46.9 Å². The van der Waals surface area contributed by atoms with Crippen molar-refractivity contribution in [1.29, 1.82) is 0 Å². The molecule has 0 aliphatic carbocycles. The maximum absolute atomic E-state index is 14.5. The Morgan fingerprint density at radius 2 is 0.786 bits per heavy atom. The first-order valence-electron chi connectivity index (χ1n) is 26.2. The minimum atomic E-state index is -4.89. The van der Waals surface area contributed by atoms with Crippen LogP contribution < -0.4 is 40.5 Å². The number of phenolic OH excluding ortho intramolecular Hbond substituents is 8. The number of primary amides is 2. The number of amides is 6. The van der Waals surface area contributed by atoms with Crippen LogP contribution in [0.5, 0.6) is 57.5 Å². The van der Waals surface area contributed by atoms with E-state index >= 15 is 0 Å². The van der Waals surface area contributed by atoms with Crippen LogP contribution in [0.1, 0.15) is 59.5 Å². The van der Waals surface area contributed by atoms with Gasteiger partial charge < -0.3 is 174 Å². The number of anilines is 4. The number of nitrogens with two attached hydrogens (primary N) is 2. The van der Waals surface area contributed by atoms with E-state index in [1.807, 2.05) is 0 Å². The van der Waals surface area contributed by atoms with Gasteiger partial charge in [-0.15, -0.1) is 0 Å². The molecule has 10 rings (SSSR count). The Balaban J connectivity index is 0.960. The summed E-state index contributed by atoms with van der Waals surface area (Å²) in [6, 6.07) is 3.49. The number of ether oxygens (including phenoxy) is 3. The van der Waals surface area contributed by atoms with Gasteiger partial charge in [-0.05, 0) is 48.5 Å². The lowest BCUT2D eigenvalue weighted by atomic mass is 9.86. The Bertz CT molecular complexity index is 4420. The molecule has 48 nitrogen and oxygen atoms in total.